The van der Waals surface area contributed by atoms with Crippen LogP contribution in [-0.2, 0) is 25.8 Å². The van der Waals surface area contributed by atoms with Crippen molar-refractivity contribution in [1.29, 1.82) is 0 Å². The summed E-state index contributed by atoms with van der Waals surface area (Å²) in [5.41, 5.74) is -0.345. The molecule has 1 heterocycles. The molecule has 2 bridgehead atoms. The highest BCUT2D eigenvalue weighted by atomic mass is 32.2. The third-order valence-corrected chi connectivity index (χ3v) is 10.5. The van der Waals surface area contributed by atoms with Crippen LogP contribution in [0.2, 0.25) is 0 Å². The molecule has 1 spiro atoms. The molecule has 1 amide bonds. The first-order chi connectivity index (χ1) is 12.2. The Kier molecular flexibility index (Phi) is 4.95. The van der Waals surface area contributed by atoms with Crippen molar-refractivity contribution in [1.82, 2.24) is 4.31 Å². The van der Waals surface area contributed by atoms with Gasteiger partial charge in [-0.15, -0.1) is 0 Å². The van der Waals surface area contributed by atoms with Crippen molar-refractivity contribution in [2.75, 3.05) is 5.75 Å². The van der Waals surface area contributed by atoms with Gasteiger partial charge in [-0.3, -0.25) is 4.79 Å². The molecule has 3 fully saturated rings. The van der Waals surface area contributed by atoms with Gasteiger partial charge in [0.2, 0.25) is 15.9 Å². The lowest BCUT2D eigenvalue weighted by molar-refractivity contribution is -0.132. The Morgan fingerprint density at radius 3 is 2.56 bits per heavy atom. The van der Waals surface area contributed by atoms with Crippen LogP contribution in [-0.4, -0.2) is 45.6 Å². The van der Waals surface area contributed by atoms with Crippen LogP contribution in [0.1, 0.15) is 67.2 Å². The zero-order valence-electron chi connectivity index (χ0n) is 17.2. The van der Waals surface area contributed by atoms with Gasteiger partial charge in [0.1, 0.15) is 11.0 Å². The predicted octanol–water partition coefficient (Wildman–Crippen LogP) is 2.91. The molecule has 3 aliphatic rings. The number of carbonyl (C=O) groups is 1. The smallest absolute Gasteiger partial charge is 0.239 e. The van der Waals surface area contributed by atoms with Gasteiger partial charge < -0.3 is 0 Å². The Bertz CT molecular complexity index is 797. The van der Waals surface area contributed by atoms with Gasteiger partial charge in [0.25, 0.3) is 0 Å². The lowest BCUT2D eigenvalue weighted by Gasteiger charge is -2.37. The molecule has 154 valence electrons. The average Bonchev–Trinajstić information content (AvgIpc) is 3.00. The summed E-state index contributed by atoms with van der Waals surface area (Å²) >= 11 is 0. The van der Waals surface area contributed by atoms with E-state index in [1.165, 1.54) is 10.5 Å². The van der Waals surface area contributed by atoms with Crippen LogP contribution in [0.3, 0.4) is 0 Å². The Morgan fingerprint density at radius 1 is 1.37 bits per heavy atom. The van der Waals surface area contributed by atoms with E-state index in [-0.39, 0.29) is 28.5 Å². The number of hydrogen-bond donors (Lipinski definition) is 0. The van der Waals surface area contributed by atoms with Gasteiger partial charge >= 0.3 is 0 Å². The summed E-state index contributed by atoms with van der Waals surface area (Å²) in [5.74, 6) is -0.264. The molecular weight excluding hydrogens is 384 g/mol. The maximum absolute atomic E-state index is 13.1. The summed E-state index contributed by atoms with van der Waals surface area (Å²) < 4.78 is 42.7. The van der Waals surface area contributed by atoms with Gasteiger partial charge in [0, 0.05) is 17.5 Å². The minimum absolute atomic E-state index is 0.0475. The molecule has 8 heteroatoms. The maximum atomic E-state index is 13.1. The molecule has 0 radical (unpaired) electrons. The van der Waals surface area contributed by atoms with Crippen molar-refractivity contribution in [3.8, 4) is 0 Å². The lowest BCUT2D eigenvalue weighted by Crippen LogP contribution is -2.46. The maximum Gasteiger partial charge on any atom is 0.239 e. The number of sulfonamides is 1. The van der Waals surface area contributed by atoms with Gasteiger partial charge in [-0.2, -0.15) is 4.40 Å². The van der Waals surface area contributed by atoms with E-state index in [0.717, 1.165) is 19.3 Å². The van der Waals surface area contributed by atoms with E-state index in [9.17, 15) is 17.4 Å². The first-order valence-corrected chi connectivity index (χ1v) is 12.5. The molecule has 27 heavy (non-hydrogen) atoms. The Morgan fingerprint density at radius 2 is 2.00 bits per heavy atom. The fraction of sp³-hybridized carbons (Fsp3) is 0.895. The molecule has 0 N–H and O–H groups in total. The Hall–Kier alpha value is -0.760. The predicted molar refractivity (Wildman–Crippen MR) is 108 cm³/mol. The molecule has 1 unspecified atom stereocenters. The summed E-state index contributed by atoms with van der Waals surface area (Å²) in [7, 11) is -4.97. The number of carbonyl (C=O) groups excluding carboxylic acids is 1. The fourth-order valence-electron chi connectivity index (χ4n) is 5.32. The summed E-state index contributed by atoms with van der Waals surface area (Å²) in [6, 6.07) is -0.202. The highest BCUT2D eigenvalue weighted by molar-refractivity contribution is 7.90. The van der Waals surface area contributed by atoms with E-state index in [4.69, 9.17) is 0 Å². The molecule has 0 aromatic heterocycles. The first kappa shape index (κ1) is 21.0. The van der Waals surface area contributed by atoms with Crippen molar-refractivity contribution in [3.05, 3.63) is 0 Å². The van der Waals surface area contributed by atoms with E-state index in [0.29, 0.717) is 12.3 Å². The minimum Gasteiger partial charge on any atom is -0.273 e. The van der Waals surface area contributed by atoms with E-state index in [1.54, 1.807) is 6.92 Å². The lowest BCUT2D eigenvalue weighted by atomic mass is 9.69. The molecule has 1 aliphatic heterocycles. The standard InChI is InChI=1S/C19H32N2O4S2/c1-13(8-10-20-26(23)17(2,3)4)16(22)21-15-11-14-7-9-19(15,18(14,5)6)12-27(21,24)25/h10,13-15H,7-9,11-12H2,1-6H3/b20-10+/t13-,14+,15+,19?,26+/m0/s1. The van der Waals surface area contributed by atoms with Gasteiger partial charge in [0.15, 0.2) is 0 Å². The molecule has 0 aromatic rings. The van der Waals surface area contributed by atoms with Gasteiger partial charge in [-0.25, -0.2) is 16.9 Å². The van der Waals surface area contributed by atoms with Gasteiger partial charge in [0.05, 0.1) is 16.5 Å². The Labute approximate surface area is 165 Å². The molecule has 3 rings (SSSR count). The summed E-state index contributed by atoms with van der Waals surface area (Å²) in [6.45, 7) is 11.6. The van der Waals surface area contributed by atoms with Crippen LogP contribution in [0, 0.1) is 22.7 Å². The van der Waals surface area contributed by atoms with Crippen LogP contribution < -0.4 is 0 Å². The molecule has 2 aliphatic carbocycles. The highest BCUT2D eigenvalue weighted by Gasteiger charge is 2.72. The summed E-state index contributed by atoms with van der Waals surface area (Å²) in [4.78, 5) is 13.1. The average molecular weight is 417 g/mol. The van der Waals surface area contributed by atoms with Gasteiger partial charge in [-0.05, 0) is 57.8 Å². The van der Waals surface area contributed by atoms with Crippen LogP contribution in [0.4, 0.5) is 0 Å². The van der Waals surface area contributed by atoms with Gasteiger partial charge in [-0.1, -0.05) is 20.8 Å². The summed E-state index contributed by atoms with van der Waals surface area (Å²) in [5, 5.41) is 0. The van der Waals surface area contributed by atoms with Crippen molar-refractivity contribution in [2.45, 2.75) is 78.0 Å². The van der Waals surface area contributed by atoms with E-state index in [1.807, 2.05) is 20.8 Å². The largest absolute Gasteiger partial charge is 0.273 e. The number of hydrogen-bond acceptors (Lipinski definition) is 4. The quantitative estimate of drug-likeness (QED) is 0.660. The van der Waals surface area contributed by atoms with E-state index >= 15 is 0 Å². The monoisotopic (exact) mass is 416 g/mol. The number of amides is 1. The topological polar surface area (TPSA) is 83.9 Å². The number of rotatable bonds is 4. The van der Waals surface area contributed by atoms with E-state index in [2.05, 4.69) is 18.2 Å². The molecule has 1 saturated heterocycles. The van der Waals surface area contributed by atoms with Crippen molar-refractivity contribution in [3.63, 3.8) is 0 Å². The fourth-order valence-corrected chi connectivity index (χ4v) is 8.49. The molecular formula is C19H32N2O4S2. The molecule has 5 atom stereocenters. The second-order valence-corrected chi connectivity index (χ2v) is 13.8. The second-order valence-electron chi connectivity index (χ2n) is 10.0. The SMILES string of the molecule is C[C@@H](C/C=N/[S@](=O)C(C)(C)C)C(=O)N1[C@@H]2C[C@H]3CCC2(CS1(=O)=O)C3(C)C. The van der Waals surface area contributed by atoms with E-state index < -0.39 is 31.7 Å². The molecule has 2 saturated carbocycles. The third-order valence-electron chi connectivity index (χ3n) is 7.20. The van der Waals surface area contributed by atoms with Crippen LogP contribution in [0.5, 0.6) is 0 Å². The first-order valence-electron chi connectivity index (χ1n) is 9.74. The Balaban J connectivity index is 1.77. The second kappa shape index (κ2) is 6.37. The summed E-state index contributed by atoms with van der Waals surface area (Å²) in [6.07, 6.45) is 4.53. The minimum atomic E-state index is -3.59. The normalized spacial score (nSPS) is 36.1. The van der Waals surface area contributed by atoms with Crippen LogP contribution in [0.15, 0.2) is 4.40 Å². The zero-order chi connectivity index (χ0) is 20.4. The number of nitrogens with zero attached hydrogens (tertiary/aromatic N) is 2. The zero-order valence-corrected chi connectivity index (χ0v) is 18.8. The molecule has 6 nitrogen and oxygen atoms in total. The number of fused-ring (bicyclic) bond motifs is 1. The van der Waals surface area contributed by atoms with Crippen molar-refractivity contribution in [2.24, 2.45) is 27.1 Å². The molecule has 0 aromatic carbocycles. The van der Waals surface area contributed by atoms with Crippen molar-refractivity contribution >= 4 is 33.1 Å². The third kappa shape index (κ3) is 3.11. The highest BCUT2D eigenvalue weighted by Crippen LogP contribution is 2.70. The van der Waals surface area contributed by atoms with Crippen LogP contribution >= 0.6 is 0 Å². The van der Waals surface area contributed by atoms with Crippen molar-refractivity contribution < 1.29 is 17.4 Å². The van der Waals surface area contributed by atoms with Crippen LogP contribution in [0.25, 0.3) is 0 Å².